The van der Waals surface area contributed by atoms with Crippen LogP contribution in [0.5, 0.6) is 0 Å². The number of nitrogens with zero attached hydrogens (tertiary/aromatic N) is 2. The smallest absolute Gasteiger partial charge is 0.0543 e. The van der Waals surface area contributed by atoms with Crippen molar-refractivity contribution in [2.45, 2.75) is 26.2 Å². The van der Waals surface area contributed by atoms with Crippen LogP contribution in [0.2, 0.25) is 0 Å². The quantitative estimate of drug-likeness (QED) is 0.189. The lowest BCUT2D eigenvalue weighted by Gasteiger charge is -2.30. The predicted octanol–water partition coefficient (Wildman–Crippen LogP) is 12.4. The van der Waals surface area contributed by atoms with Gasteiger partial charge < -0.3 is 9.80 Å². The molecule has 222 valence electrons. The molecular weight excluding hydrogens is 556 g/mol. The molecule has 0 heterocycles. The van der Waals surface area contributed by atoms with Gasteiger partial charge in [-0.1, -0.05) is 116 Å². The molecule has 0 fully saturated rings. The zero-order valence-corrected chi connectivity index (χ0v) is 26.5. The van der Waals surface area contributed by atoms with Crippen molar-refractivity contribution in [1.29, 1.82) is 0 Å². The monoisotopic (exact) mass is 592 g/mol. The molecule has 0 radical (unpaired) electrons. The third-order valence-electron chi connectivity index (χ3n) is 9.48. The van der Waals surface area contributed by atoms with Crippen molar-refractivity contribution in [2.24, 2.45) is 0 Å². The van der Waals surface area contributed by atoms with Gasteiger partial charge in [-0.25, -0.2) is 0 Å². The van der Waals surface area contributed by atoms with Gasteiger partial charge in [0.15, 0.2) is 0 Å². The van der Waals surface area contributed by atoms with E-state index in [1.54, 1.807) is 0 Å². The standard InChI is InChI=1S/C44H36N2/c1-31-23-25-35(26-24-31)45(32-15-7-4-8-16-32)36-27-28-39-40(29-36)44(2,3)41-30-42(37-21-13-14-22-38(37)43(39)41)46(33-17-9-5-10-18-33)34-19-11-6-12-20-34/h4-30H,1-3H3. The van der Waals surface area contributed by atoms with Crippen LogP contribution in [0.1, 0.15) is 30.5 Å². The molecule has 0 unspecified atom stereocenters. The van der Waals surface area contributed by atoms with E-state index in [2.05, 4.69) is 194 Å². The molecule has 0 bridgehead atoms. The molecule has 0 aromatic heterocycles. The van der Waals surface area contributed by atoms with E-state index >= 15 is 0 Å². The highest BCUT2D eigenvalue weighted by atomic mass is 15.1. The lowest BCUT2D eigenvalue weighted by Crippen LogP contribution is -2.18. The van der Waals surface area contributed by atoms with Crippen molar-refractivity contribution in [2.75, 3.05) is 9.80 Å². The number of benzene rings is 7. The Balaban J connectivity index is 1.34. The topological polar surface area (TPSA) is 6.48 Å². The Morgan fingerprint density at radius 2 is 0.891 bits per heavy atom. The summed E-state index contributed by atoms with van der Waals surface area (Å²) >= 11 is 0. The van der Waals surface area contributed by atoms with Crippen LogP contribution in [0.3, 0.4) is 0 Å². The van der Waals surface area contributed by atoms with Gasteiger partial charge in [0.1, 0.15) is 0 Å². The summed E-state index contributed by atoms with van der Waals surface area (Å²) in [5.41, 5.74) is 13.3. The number of rotatable bonds is 6. The molecule has 46 heavy (non-hydrogen) atoms. The summed E-state index contributed by atoms with van der Waals surface area (Å²) in [5, 5.41) is 2.53. The fourth-order valence-electron chi connectivity index (χ4n) is 7.18. The number of hydrogen-bond donors (Lipinski definition) is 0. The Morgan fingerprint density at radius 1 is 0.413 bits per heavy atom. The minimum atomic E-state index is -0.214. The van der Waals surface area contributed by atoms with Gasteiger partial charge in [0, 0.05) is 39.2 Å². The molecule has 0 atom stereocenters. The first-order valence-electron chi connectivity index (χ1n) is 16.0. The van der Waals surface area contributed by atoms with Crippen LogP contribution in [0.15, 0.2) is 164 Å². The molecule has 2 nitrogen and oxygen atoms in total. The summed E-state index contributed by atoms with van der Waals surface area (Å²) in [5.74, 6) is 0. The molecule has 0 saturated carbocycles. The molecule has 0 N–H and O–H groups in total. The van der Waals surface area contributed by atoms with Crippen molar-refractivity contribution in [3.8, 4) is 11.1 Å². The lowest BCUT2D eigenvalue weighted by atomic mass is 9.81. The van der Waals surface area contributed by atoms with E-state index in [0.717, 1.165) is 28.4 Å². The second-order valence-corrected chi connectivity index (χ2v) is 12.7. The van der Waals surface area contributed by atoms with E-state index in [4.69, 9.17) is 0 Å². The third-order valence-corrected chi connectivity index (χ3v) is 9.48. The Morgan fingerprint density at radius 3 is 1.48 bits per heavy atom. The van der Waals surface area contributed by atoms with Crippen molar-refractivity contribution in [3.05, 3.63) is 180 Å². The van der Waals surface area contributed by atoms with Crippen LogP contribution in [0, 0.1) is 6.92 Å². The van der Waals surface area contributed by atoms with Crippen LogP contribution >= 0.6 is 0 Å². The van der Waals surface area contributed by atoms with Gasteiger partial charge >= 0.3 is 0 Å². The Hall–Kier alpha value is -5.60. The molecule has 0 saturated heterocycles. The Labute approximate surface area is 271 Å². The maximum atomic E-state index is 2.45. The summed E-state index contributed by atoms with van der Waals surface area (Å²) in [6.45, 7) is 6.91. The van der Waals surface area contributed by atoms with E-state index < -0.39 is 0 Å². The second kappa shape index (κ2) is 11.1. The van der Waals surface area contributed by atoms with Gasteiger partial charge in [-0.2, -0.15) is 0 Å². The Bertz CT molecular complexity index is 2130. The molecule has 0 aliphatic heterocycles. The molecular formula is C44H36N2. The van der Waals surface area contributed by atoms with Gasteiger partial charge in [0.05, 0.1) is 5.69 Å². The number of hydrogen-bond acceptors (Lipinski definition) is 2. The van der Waals surface area contributed by atoms with Crippen LogP contribution in [0.4, 0.5) is 34.1 Å². The van der Waals surface area contributed by atoms with E-state index in [-0.39, 0.29) is 5.41 Å². The maximum Gasteiger partial charge on any atom is 0.0543 e. The highest BCUT2D eigenvalue weighted by molar-refractivity contribution is 6.10. The minimum absolute atomic E-state index is 0.214. The van der Waals surface area contributed by atoms with Gasteiger partial charge in [0.2, 0.25) is 0 Å². The second-order valence-electron chi connectivity index (χ2n) is 12.7. The van der Waals surface area contributed by atoms with E-state index in [0.29, 0.717) is 0 Å². The normalized spacial score (nSPS) is 12.8. The first kappa shape index (κ1) is 27.9. The SMILES string of the molecule is Cc1ccc(N(c2ccccc2)c2ccc3c(c2)C(C)(C)c2cc(N(c4ccccc4)c4ccccc4)c4ccccc4c2-3)cc1. The largest absolute Gasteiger partial charge is 0.310 e. The summed E-state index contributed by atoms with van der Waals surface area (Å²) in [4.78, 5) is 4.77. The van der Waals surface area contributed by atoms with E-state index in [1.807, 2.05) is 0 Å². The Kier molecular flexibility index (Phi) is 6.73. The van der Waals surface area contributed by atoms with Gasteiger partial charge in [-0.15, -0.1) is 0 Å². The average molecular weight is 593 g/mol. The predicted molar refractivity (Wildman–Crippen MR) is 196 cm³/mol. The average Bonchev–Trinajstić information content (AvgIpc) is 3.33. The molecule has 0 spiro atoms. The van der Waals surface area contributed by atoms with E-state index in [9.17, 15) is 0 Å². The summed E-state index contributed by atoms with van der Waals surface area (Å²) in [6, 6.07) is 59.4. The van der Waals surface area contributed by atoms with Crippen molar-refractivity contribution < 1.29 is 0 Å². The fourth-order valence-corrected chi connectivity index (χ4v) is 7.18. The number of para-hydroxylation sites is 3. The maximum absolute atomic E-state index is 2.45. The van der Waals surface area contributed by atoms with Crippen LogP contribution in [0.25, 0.3) is 21.9 Å². The van der Waals surface area contributed by atoms with Gasteiger partial charge in [-0.3, -0.25) is 0 Å². The molecule has 2 heteroatoms. The summed E-state index contributed by atoms with van der Waals surface area (Å²) in [7, 11) is 0. The summed E-state index contributed by atoms with van der Waals surface area (Å²) in [6.07, 6.45) is 0. The van der Waals surface area contributed by atoms with Crippen molar-refractivity contribution in [3.63, 3.8) is 0 Å². The van der Waals surface area contributed by atoms with E-state index in [1.165, 1.54) is 44.3 Å². The molecule has 7 aromatic rings. The van der Waals surface area contributed by atoms with Crippen molar-refractivity contribution >= 4 is 44.9 Å². The summed E-state index contributed by atoms with van der Waals surface area (Å²) < 4.78 is 0. The van der Waals surface area contributed by atoms with Crippen LogP contribution in [-0.4, -0.2) is 0 Å². The van der Waals surface area contributed by atoms with Crippen LogP contribution < -0.4 is 9.80 Å². The minimum Gasteiger partial charge on any atom is -0.310 e. The zero-order chi connectivity index (χ0) is 31.3. The molecule has 7 aromatic carbocycles. The third kappa shape index (κ3) is 4.57. The number of aryl methyl sites for hydroxylation is 1. The number of anilines is 6. The highest BCUT2D eigenvalue weighted by Gasteiger charge is 2.38. The van der Waals surface area contributed by atoms with Crippen molar-refractivity contribution in [1.82, 2.24) is 0 Å². The van der Waals surface area contributed by atoms with Crippen LogP contribution in [-0.2, 0) is 5.41 Å². The zero-order valence-electron chi connectivity index (χ0n) is 26.5. The molecule has 1 aliphatic rings. The molecule has 0 amide bonds. The highest BCUT2D eigenvalue weighted by Crippen LogP contribution is 2.55. The first-order chi connectivity index (χ1) is 22.5. The van der Waals surface area contributed by atoms with Gasteiger partial charge in [-0.05, 0) is 101 Å². The fraction of sp³-hybridized carbons (Fsp3) is 0.0909. The molecule has 8 rings (SSSR count). The molecule has 1 aliphatic carbocycles. The first-order valence-corrected chi connectivity index (χ1v) is 16.0. The van der Waals surface area contributed by atoms with Gasteiger partial charge in [0.25, 0.3) is 0 Å². The lowest BCUT2D eigenvalue weighted by molar-refractivity contribution is 0.661. The number of fused-ring (bicyclic) bond motifs is 5.